The number of nitrogens with zero attached hydrogens (tertiary/aromatic N) is 4. The van der Waals surface area contributed by atoms with Gasteiger partial charge in [0, 0.05) is 31.7 Å². The van der Waals surface area contributed by atoms with Gasteiger partial charge in [-0.1, -0.05) is 6.07 Å². The Hall–Kier alpha value is -2.80. The lowest BCUT2D eigenvalue weighted by atomic mass is 10.3. The Labute approximate surface area is 127 Å². The smallest absolute Gasteiger partial charge is 0.222 e. The molecule has 22 heavy (non-hydrogen) atoms. The summed E-state index contributed by atoms with van der Waals surface area (Å²) in [7, 11) is 1.63. The van der Waals surface area contributed by atoms with E-state index in [4.69, 9.17) is 4.74 Å². The molecule has 3 rings (SSSR count). The number of fused-ring (bicyclic) bond motifs is 1. The molecule has 1 N–H and O–H groups in total. The van der Waals surface area contributed by atoms with Crippen LogP contribution in [0.5, 0.6) is 0 Å². The Balaban J connectivity index is 2.06. The summed E-state index contributed by atoms with van der Waals surface area (Å²) >= 11 is 0. The molecule has 0 aliphatic rings. The maximum atomic E-state index is 11.2. The molecular weight excluding hydrogens is 282 g/mol. The molecule has 0 atom stereocenters. The van der Waals surface area contributed by atoms with E-state index in [1.165, 1.54) is 6.92 Å². The highest BCUT2D eigenvalue weighted by molar-refractivity contribution is 5.90. The van der Waals surface area contributed by atoms with Crippen molar-refractivity contribution in [1.29, 1.82) is 0 Å². The molecule has 1 amide bonds. The number of carbonyl (C=O) groups is 1. The Morgan fingerprint density at radius 1 is 1.36 bits per heavy atom. The van der Waals surface area contributed by atoms with E-state index < -0.39 is 0 Å². The quantitative estimate of drug-likeness (QED) is 0.795. The maximum Gasteiger partial charge on any atom is 0.222 e. The highest BCUT2D eigenvalue weighted by Crippen LogP contribution is 2.19. The van der Waals surface area contributed by atoms with Gasteiger partial charge in [0.2, 0.25) is 5.91 Å². The molecule has 0 spiro atoms. The minimum Gasteiger partial charge on any atom is -0.378 e. The number of methoxy groups -OCH3 is 1. The Kier molecular flexibility index (Phi) is 3.80. The van der Waals surface area contributed by atoms with Gasteiger partial charge in [-0.05, 0) is 12.1 Å². The number of hydrogen-bond acceptors (Lipinski definition) is 5. The van der Waals surface area contributed by atoms with Crippen LogP contribution in [0.3, 0.4) is 0 Å². The summed E-state index contributed by atoms with van der Waals surface area (Å²) in [5, 5.41) is 7.88. The zero-order chi connectivity index (χ0) is 15.5. The number of ether oxygens (including phenoxy) is 1. The van der Waals surface area contributed by atoms with Crippen LogP contribution < -0.4 is 5.32 Å². The number of nitrogens with one attached hydrogen (secondary N) is 1. The van der Waals surface area contributed by atoms with Gasteiger partial charge in [0.1, 0.15) is 5.82 Å². The second-order valence-electron chi connectivity index (χ2n) is 4.79. The summed E-state index contributed by atoms with van der Waals surface area (Å²) in [5.74, 6) is 0.998. The van der Waals surface area contributed by atoms with Crippen molar-refractivity contribution in [2.75, 3.05) is 12.4 Å². The van der Waals surface area contributed by atoms with Crippen molar-refractivity contribution in [2.45, 2.75) is 13.5 Å². The van der Waals surface area contributed by atoms with Gasteiger partial charge in [0.25, 0.3) is 0 Å². The van der Waals surface area contributed by atoms with Crippen molar-refractivity contribution >= 4 is 22.6 Å². The van der Waals surface area contributed by atoms with E-state index in [-0.39, 0.29) is 5.91 Å². The molecule has 0 aliphatic heterocycles. The number of pyridine rings is 2. The van der Waals surface area contributed by atoms with Gasteiger partial charge >= 0.3 is 0 Å². The Morgan fingerprint density at radius 2 is 2.23 bits per heavy atom. The fraction of sp³-hybridized carbons (Fsp3) is 0.200. The fourth-order valence-corrected chi connectivity index (χ4v) is 2.16. The summed E-state index contributed by atoms with van der Waals surface area (Å²) in [5.41, 5.74) is 1.64. The molecule has 0 aliphatic carbocycles. The monoisotopic (exact) mass is 297 g/mol. The summed E-state index contributed by atoms with van der Waals surface area (Å²) in [6.45, 7) is 1.88. The zero-order valence-electron chi connectivity index (χ0n) is 12.3. The summed E-state index contributed by atoms with van der Waals surface area (Å²) in [6, 6.07) is 7.43. The normalized spacial score (nSPS) is 10.8. The first kappa shape index (κ1) is 14.2. The number of rotatable bonds is 4. The van der Waals surface area contributed by atoms with Crippen LogP contribution in [-0.2, 0) is 16.1 Å². The molecule has 0 radical (unpaired) electrons. The molecule has 0 bridgehead atoms. The predicted molar refractivity (Wildman–Crippen MR) is 81.7 cm³/mol. The van der Waals surface area contributed by atoms with Crippen LogP contribution in [0.1, 0.15) is 12.6 Å². The highest BCUT2D eigenvalue weighted by atomic mass is 16.5. The minimum atomic E-state index is -0.168. The summed E-state index contributed by atoms with van der Waals surface area (Å²) < 4.78 is 6.81. The van der Waals surface area contributed by atoms with Crippen molar-refractivity contribution < 1.29 is 9.53 Å². The first-order chi connectivity index (χ1) is 10.7. The van der Waals surface area contributed by atoms with E-state index >= 15 is 0 Å². The first-order valence-corrected chi connectivity index (χ1v) is 6.74. The lowest BCUT2D eigenvalue weighted by molar-refractivity contribution is -0.114. The second-order valence-corrected chi connectivity index (χ2v) is 4.79. The molecule has 0 saturated heterocycles. The van der Waals surface area contributed by atoms with Gasteiger partial charge in [-0.3, -0.25) is 4.79 Å². The van der Waals surface area contributed by atoms with E-state index in [2.05, 4.69) is 20.4 Å². The lowest BCUT2D eigenvalue weighted by Gasteiger charge is -2.06. The van der Waals surface area contributed by atoms with Crippen LogP contribution >= 0.6 is 0 Å². The average Bonchev–Trinajstić information content (AvgIpc) is 2.90. The average molecular weight is 297 g/mol. The van der Waals surface area contributed by atoms with E-state index in [0.29, 0.717) is 18.2 Å². The van der Waals surface area contributed by atoms with Crippen molar-refractivity contribution in [3.8, 4) is 5.82 Å². The van der Waals surface area contributed by atoms with Gasteiger partial charge < -0.3 is 10.1 Å². The van der Waals surface area contributed by atoms with Crippen LogP contribution in [0.25, 0.3) is 16.7 Å². The molecule has 3 heterocycles. The molecule has 0 aromatic carbocycles. The third kappa shape index (κ3) is 2.79. The Bertz CT molecular complexity index is 828. The van der Waals surface area contributed by atoms with Crippen molar-refractivity contribution in [3.05, 3.63) is 42.4 Å². The van der Waals surface area contributed by atoms with E-state index in [9.17, 15) is 4.79 Å². The second kappa shape index (κ2) is 5.90. The van der Waals surface area contributed by atoms with Crippen LogP contribution in [0, 0.1) is 0 Å². The van der Waals surface area contributed by atoms with Crippen molar-refractivity contribution in [3.63, 3.8) is 0 Å². The van der Waals surface area contributed by atoms with Gasteiger partial charge in [-0.25, -0.2) is 14.6 Å². The van der Waals surface area contributed by atoms with E-state index in [1.54, 1.807) is 30.3 Å². The lowest BCUT2D eigenvalue weighted by Crippen LogP contribution is -2.07. The third-order valence-electron chi connectivity index (χ3n) is 3.06. The molecule has 0 saturated carbocycles. The molecule has 0 fully saturated rings. The molecule has 112 valence electrons. The number of hydrogen-bond donors (Lipinski definition) is 1. The summed E-state index contributed by atoms with van der Waals surface area (Å²) in [6.07, 6.45) is 3.38. The van der Waals surface area contributed by atoms with Crippen molar-refractivity contribution in [1.82, 2.24) is 19.7 Å². The highest BCUT2D eigenvalue weighted by Gasteiger charge is 2.09. The van der Waals surface area contributed by atoms with Crippen LogP contribution in [0.15, 0.2) is 36.7 Å². The third-order valence-corrected chi connectivity index (χ3v) is 3.06. The first-order valence-electron chi connectivity index (χ1n) is 6.74. The van der Waals surface area contributed by atoms with Crippen LogP contribution in [-0.4, -0.2) is 32.8 Å². The van der Waals surface area contributed by atoms with Crippen molar-refractivity contribution in [2.24, 2.45) is 0 Å². The molecular formula is C15H15N5O2. The summed E-state index contributed by atoms with van der Waals surface area (Å²) in [4.78, 5) is 19.8. The fourth-order valence-electron chi connectivity index (χ4n) is 2.16. The van der Waals surface area contributed by atoms with Gasteiger partial charge in [0.05, 0.1) is 24.0 Å². The van der Waals surface area contributed by atoms with E-state index in [0.717, 1.165) is 16.6 Å². The van der Waals surface area contributed by atoms with Crippen LogP contribution in [0.4, 0.5) is 5.82 Å². The van der Waals surface area contributed by atoms with Gasteiger partial charge in [-0.15, -0.1) is 0 Å². The standard InChI is InChI=1S/C15H15N5O2/c1-10(21)18-14-6-13-11(7-16-14)8-17-20(13)15-5-3-4-12(19-15)9-22-2/h3-8H,9H2,1-2H3,(H,16,18,21). The van der Waals surface area contributed by atoms with Gasteiger partial charge in [0.15, 0.2) is 5.82 Å². The number of aromatic nitrogens is 4. The molecule has 3 aromatic rings. The van der Waals surface area contributed by atoms with Gasteiger partial charge in [-0.2, -0.15) is 5.10 Å². The number of amides is 1. The predicted octanol–water partition coefficient (Wildman–Crippen LogP) is 1.92. The van der Waals surface area contributed by atoms with Crippen LogP contribution in [0.2, 0.25) is 0 Å². The topological polar surface area (TPSA) is 81.9 Å². The zero-order valence-corrected chi connectivity index (χ0v) is 12.3. The molecule has 3 aromatic heterocycles. The molecule has 0 unspecified atom stereocenters. The SMILES string of the molecule is COCc1cccc(-n2ncc3cnc(NC(C)=O)cc32)n1. The maximum absolute atomic E-state index is 11.2. The number of carbonyl (C=O) groups excluding carboxylic acids is 1. The molecule has 7 heteroatoms. The number of anilines is 1. The minimum absolute atomic E-state index is 0.168. The largest absolute Gasteiger partial charge is 0.378 e. The van der Waals surface area contributed by atoms with E-state index in [1.807, 2.05) is 18.2 Å². The molecule has 7 nitrogen and oxygen atoms in total. The Morgan fingerprint density at radius 3 is 3.00 bits per heavy atom.